The van der Waals surface area contributed by atoms with E-state index >= 15 is 0 Å². The van der Waals surface area contributed by atoms with E-state index in [2.05, 4.69) is 53.8 Å². The van der Waals surface area contributed by atoms with E-state index in [-0.39, 0.29) is 30.0 Å². The van der Waals surface area contributed by atoms with E-state index in [1.54, 1.807) is 0 Å². The van der Waals surface area contributed by atoms with Crippen molar-refractivity contribution in [1.29, 1.82) is 0 Å². The maximum absolute atomic E-state index is 13.1. The summed E-state index contributed by atoms with van der Waals surface area (Å²) in [5.41, 5.74) is 2.35. The van der Waals surface area contributed by atoms with Crippen molar-refractivity contribution < 1.29 is 23.4 Å². The van der Waals surface area contributed by atoms with Crippen LogP contribution in [0.4, 0.5) is 0 Å². The number of hydrogen-bond acceptors (Lipinski definition) is 2. The van der Waals surface area contributed by atoms with Gasteiger partial charge in [0.15, 0.2) is 0 Å². The topological polar surface area (TPSA) is 29.1 Å². The molecule has 38 heavy (non-hydrogen) atoms. The third kappa shape index (κ3) is 14.7. The minimum absolute atomic E-state index is 0. The van der Waals surface area contributed by atoms with Crippen LogP contribution < -0.4 is 5.32 Å². The van der Waals surface area contributed by atoms with Crippen molar-refractivity contribution in [2.75, 3.05) is 6.54 Å². The summed E-state index contributed by atoms with van der Waals surface area (Å²) < 4.78 is 0. The molecule has 4 rings (SSSR count). The summed E-state index contributed by atoms with van der Waals surface area (Å²) in [6, 6.07) is 21.2. The van der Waals surface area contributed by atoms with Crippen LogP contribution in [0.1, 0.15) is 146 Å². The van der Waals surface area contributed by atoms with Crippen molar-refractivity contribution >= 4 is 5.78 Å². The predicted octanol–water partition coefficient (Wildman–Crippen LogP) is 11.4. The zero-order valence-corrected chi connectivity index (χ0v) is 29.2. The van der Waals surface area contributed by atoms with Gasteiger partial charge in [-0.2, -0.15) is 0 Å². The van der Waals surface area contributed by atoms with Crippen molar-refractivity contribution in [2.45, 2.75) is 135 Å². The molecule has 3 unspecified atom stereocenters. The number of rotatable bonds is 2. The van der Waals surface area contributed by atoms with Gasteiger partial charge in [0.2, 0.25) is 0 Å². The van der Waals surface area contributed by atoms with Crippen LogP contribution in [0.2, 0.25) is 0 Å². The monoisotopic (exact) mass is 566 g/mol. The summed E-state index contributed by atoms with van der Waals surface area (Å²) in [5.74, 6) is 0.821. The number of benzene rings is 2. The number of hydrogen-bond donors (Lipinski definition) is 1. The first-order chi connectivity index (χ1) is 18.3. The van der Waals surface area contributed by atoms with Gasteiger partial charge >= 0.3 is 0 Å². The average Bonchev–Trinajstić information content (AvgIpc) is 3.37. The molecule has 1 saturated carbocycles. The molecule has 2 nitrogen and oxygen atoms in total. The van der Waals surface area contributed by atoms with E-state index in [0.717, 1.165) is 25.8 Å². The molecule has 2 fully saturated rings. The molecule has 3 atom stereocenters. The van der Waals surface area contributed by atoms with Gasteiger partial charge in [-0.15, -0.1) is 0 Å². The van der Waals surface area contributed by atoms with Gasteiger partial charge in [0.25, 0.3) is 0 Å². The molecule has 1 aliphatic carbocycles. The van der Waals surface area contributed by atoms with Crippen LogP contribution in [0, 0.1) is 5.41 Å². The van der Waals surface area contributed by atoms with Crippen LogP contribution in [-0.4, -0.2) is 12.3 Å². The summed E-state index contributed by atoms with van der Waals surface area (Å²) >= 11 is 0. The first-order valence-electron chi connectivity index (χ1n) is 15.7. The first kappa shape index (κ1) is 46.5. The maximum atomic E-state index is 13.1. The summed E-state index contributed by atoms with van der Waals surface area (Å²) in [6.45, 7) is 29.0. The van der Waals surface area contributed by atoms with E-state index in [1.165, 1.54) is 11.1 Å². The molecule has 3 heteroatoms. The van der Waals surface area contributed by atoms with E-state index in [0.29, 0.717) is 18.1 Å². The van der Waals surface area contributed by atoms with Gasteiger partial charge < -0.3 is 5.32 Å². The zero-order chi connectivity index (χ0) is 29.7. The van der Waals surface area contributed by atoms with Crippen LogP contribution >= 0.6 is 0 Å². The smallest absolute Gasteiger partial charge is 0.141 e. The Kier molecular flexibility index (Phi) is 41.2. The van der Waals surface area contributed by atoms with Crippen molar-refractivity contribution in [3.05, 3.63) is 71.8 Å². The van der Waals surface area contributed by atoms with Gasteiger partial charge in [-0.05, 0) is 42.9 Å². The van der Waals surface area contributed by atoms with Gasteiger partial charge in [-0.3, -0.25) is 4.79 Å². The fraction of sp³-hybridized carbons (Fsp3) is 0.629. The van der Waals surface area contributed by atoms with E-state index in [4.69, 9.17) is 0 Å². The normalized spacial score (nSPS) is 19.7. The van der Waals surface area contributed by atoms with Gasteiger partial charge in [0.1, 0.15) is 5.78 Å². The third-order valence-electron chi connectivity index (χ3n) is 5.70. The number of nitrogens with one attached hydrogen (secondary N) is 1. The molecule has 1 aliphatic heterocycles. The van der Waals surface area contributed by atoms with Crippen LogP contribution in [0.3, 0.4) is 0 Å². The number of carbonyl (C=O) groups excluding carboxylic acids is 1. The largest absolute Gasteiger partial charge is 0.309 e. The standard InChI is InChI=1S/C21H23NO.7C2H6.V/c23-19-14-18(16-8-3-1-4-9-16)15-21(19)12-7-13-22-20(21)17-10-5-2-6-11-17;7*1-2;/h1-6,8-11,18,20,22H,7,12-15H2;7*1-2H3;. The average molecular weight is 567 g/mol. The Bertz CT molecular complexity index is 690. The van der Waals surface area contributed by atoms with E-state index in [1.807, 2.05) is 109 Å². The molecule has 0 bridgehead atoms. The quantitative estimate of drug-likeness (QED) is 0.392. The Balaban J connectivity index is -0.000000212. The number of carbonyl (C=O) groups is 1. The molecule has 1 radical (unpaired) electrons. The van der Waals surface area contributed by atoms with Gasteiger partial charge in [-0.25, -0.2) is 0 Å². The van der Waals surface area contributed by atoms with Crippen molar-refractivity contribution in [3.8, 4) is 0 Å². The Hall–Kier alpha value is -1.35. The number of ketones is 1. The van der Waals surface area contributed by atoms with Crippen LogP contribution in [0.15, 0.2) is 60.7 Å². The molecule has 2 aromatic rings. The summed E-state index contributed by atoms with van der Waals surface area (Å²) in [6.07, 6.45) is 3.77. The van der Waals surface area contributed by atoms with E-state index in [9.17, 15) is 4.79 Å². The molecule has 0 amide bonds. The molecule has 1 saturated heterocycles. The second-order valence-corrected chi connectivity index (χ2v) is 7.00. The SMILES string of the molecule is CC.CC.CC.CC.CC.CC.CC.O=C1CC(c2ccccc2)CC12CCCNC2c1ccccc1.[V]. The molecular formula is C35H65NOV. The molecule has 2 aliphatic rings. The molecule has 1 N–H and O–H groups in total. The predicted molar refractivity (Wildman–Crippen MR) is 172 cm³/mol. The minimum Gasteiger partial charge on any atom is -0.309 e. The second kappa shape index (κ2) is 33.7. The minimum atomic E-state index is -0.222. The van der Waals surface area contributed by atoms with Gasteiger partial charge in [0, 0.05) is 36.4 Å². The fourth-order valence-electron chi connectivity index (χ4n) is 4.61. The zero-order valence-electron chi connectivity index (χ0n) is 27.8. The van der Waals surface area contributed by atoms with E-state index < -0.39 is 0 Å². The Morgan fingerprint density at radius 2 is 1.03 bits per heavy atom. The fourth-order valence-corrected chi connectivity index (χ4v) is 4.61. The first-order valence-corrected chi connectivity index (χ1v) is 15.7. The molecule has 221 valence electrons. The van der Waals surface area contributed by atoms with Crippen molar-refractivity contribution in [3.63, 3.8) is 0 Å². The maximum Gasteiger partial charge on any atom is 0.141 e. The third-order valence-corrected chi connectivity index (χ3v) is 5.70. The van der Waals surface area contributed by atoms with Crippen LogP contribution in [0.25, 0.3) is 0 Å². The molecular weight excluding hydrogens is 501 g/mol. The van der Waals surface area contributed by atoms with Crippen molar-refractivity contribution in [2.24, 2.45) is 5.41 Å². The summed E-state index contributed by atoms with van der Waals surface area (Å²) in [5, 5.41) is 3.65. The number of piperidine rings is 1. The molecule has 0 aromatic heterocycles. The molecule has 1 heterocycles. The molecule has 1 spiro atoms. The summed E-state index contributed by atoms with van der Waals surface area (Å²) in [4.78, 5) is 13.1. The van der Waals surface area contributed by atoms with Crippen molar-refractivity contribution in [1.82, 2.24) is 5.32 Å². The Morgan fingerprint density at radius 3 is 1.45 bits per heavy atom. The Labute approximate surface area is 252 Å². The number of Topliss-reactive ketones (excluding diaryl/α,β-unsaturated/α-hetero) is 1. The van der Waals surface area contributed by atoms with Gasteiger partial charge in [0.05, 0.1) is 0 Å². The van der Waals surface area contributed by atoms with Crippen LogP contribution in [-0.2, 0) is 23.4 Å². The van der Waals surface area contributed by atoms with Crippen LogP contribution in [0.5, 0.6) is 0 Å². The second-order valence-electron chi connectivity index (χ2n) is 7.00. The molecule has 2 aromatic carbocycles. The van der Waals surface area contributed by atoms with Gasteiger partial charge in [-0.1, -0.05) is 158 Å². The Morgan fingerprint density at radius 1 is 0.632 bits per heavy atom. The summed E-state index contributed by atoms with van der Waals surface area (Å²) in [7, 11) is 0.